The van der Waals surface area contributed by atoms with Crippen molar-refractivity contribution in [2.24, 2.45) is 0 Å². The van der Waals surface area contributed by atoms with Crippen LogP contribution in [0.2, 0.25) is 10.0 Å². The van der Waals surface area contributed by atoms with Gasteiger partial charge in [-0.3, -0.25) is 13.9 Å². The maximum Gasteiger partial charge on any atom is 0.243 e. The van der Waals surface area contributed by atoms with Gasteiger partial charge in [-0.1, -0.05) is 59.6 Å². The van der Waals surface area contributed by atoms with E-state index in [9.17, 15) is 18.0 Å². The van der Waals surface area contributed by atoms with Crippen molar-refractivity contribution in [2.45, 2.75) is 38.8 Å². The van der Waals surface area contributed by atoms with E-state index in [1.54, 1.807) is 42.5 Å². The van der Waals surface area contributed by atoms with Gasteiger partial charge in [0.2, 0.25) is 21.8 Å². The summed E-state index contributed by atoms with van der Waals surface area (Å²) in [6.45, 7) is 2.29. The Kier molecular flexibility index (Phi) is 11.9. The molecule has 1 atom stereocenters. The van der Waals surface area contributed by atoms with Crippen LogP contribution in [0.15, 0.2) is 72.8 Å². The van der Waals surface area contributed by atoms with E-state index in [0.29, 0.717) is 33.6 Å². The van der Waals surface area contributed by atoms with Gasteiger partial charge < -0.3 is 15.0 Å². The molecule has 0 spiro atoms. The van der Waals surface area contributed by atoms with Crippen molar-refractivity contribution in [2.75, 3.05) is 30.8 Å². The van der Waals surface area contributed by atoms with Crippen LogP contribution < -0.4 is 14.4 Å². The van der Waals surface area contributed by atoms with Crippen molar-refractivity contribution in [1.82, 2.24) is 10.2 Å². The zero-order chi connectivity index (χ0) is 30.0. The van der Waals surface area contributed by atoms with Crippen molar-refractivity contribution in [3.05, 3.63) is 94.0 Å². The summed E-state index contributed by atoms with van der Waals surface area (Å²) in [6.07, 6.45) is 1.62. The maximum absolute atomic E-state index is 13.8. The van der Waals surface area contributed by atoms with E-state index >= 15 is 0 Å². The fraction of sp³-hybridized carbons (Fsp3) is 0.333. The van der Waals surface area contributed by atoms with Gasteiger partial charge in [0.25, 0.3) is 0 Å². The van der Waals surface area contributed by atoms with Crippen LogP contribution in [0.1, 0.15) is 30.9 Å². The Morgan fingerprint density at radius 2 is 1.59 bits per heavy atom. The number of methoxy groups -OCH3 is 1. The Labute approximate surface area is 252 Å². The molecular formula is C30H35Cl2N3O5S. The minimum atomic E-state index is -3.62. The molecule has 0 saturated heterocycles. The largest absolute Gasteiger partial charge is 0.497 e. The van der Waals surface area contributed by atoms with E-state index in [0.717, 1.165) is 11.8 Å². The summed E-state index contributed by atoms with van der Waals surface area (Å²) in [6, 6.07) is 20.3. The van der Waals surface area contributed by atoms with Crippen molar-refractivity contribution in [3.8, 4) is 5.75 Å². The molecule has 0 radical (unpaired) electrons. The first kappa shape index (κ1) is 32.2. The molecule has 0 aliphatic rings. The van der Waals surface area contributed by atoms with E-state index in [1.165, 1.54) is 16.3 Å². The second kappa shape index (κ2) is 15.1. The number of carbonyl (C=O) groups is 2. The Bertz CT molecular complexity index is 1400. The molecule has 2 amide bonds. The SMILES string of the molecule is CCNC(=O)C(Cc1ccccc1)N(Cc1c(Cl)cccc1Cl)C(=O)CCCN(c1ccc(OC)cc1)S(C)(=O)=O. The Hall–Kier alpha value is -3.27. The van der Waals surface area contributed by atoms with Gasteiger partial charge in [0.05, 0.1) is 19.1 Å². The number of sulfonamides is 1. The van der Waals surface area contributed by atoms with Crippen molar-refractivity contribution in [1.29, 1.82) is 0 Å². The van der Waals surface area contributed by atoms with Crippen LogP contribution in [0.25, 0.3) is 0 Å². The average molecular weight is 621 g/mol. The molecule has 220 valence electrons. The summed E-state index contributed by atoms with van der Waals surface area (Å²) in [4.78, 5) is 28.7. The van der Waals surface area contributed by atoms with Gasteiger partial charge in [0, 0.05) is 48.1 Å². The second-order valence-electron chi connectivity index (χ2n) is 9.46. The summed E-state index contributed by atoms with van der Waals surface area (Å²) in [5.41, 5.74) is 1.88. The number of anilines is 1. The number of ether oxygens (including phenoxy) is 1. The van der Waals surface area contributed by atoms with Crippen LogP contribution in [0.3, 0.4) is 0 Å². The quantitative estimate of drug-likeness (QED) is 0.263. The maximum atomic E-state index is 13.8. The highest BCUT2D eigenvalue weighted by Crippen LogP contribution is 2.28. The number of nitrogens with zero attached hydrogens (tertiary/aromatic N) is 2. The van der Waals surface area contributed by atoms with E-state index in [-0.39, 0.29) is 44.2 Å². The van der Waals surface area contributed by atoms with Crippen molar-refractivity contribution < 1.29 is 22.7 Å². The highest BCUT2D eigenvalue weighted by atomic mass is 35.5. The minimum Gasteiger partial charge on any atom is -0.497 e. The molecule has 0 bridgehead atoms. The van der Waals surface area contributed by atoms with Crippen LogP contribution in [0.5, 0.6) is 5.75 Å². The Morgan fingerprint density at radius 1 is 0.951 bits per heavy atom. The van der Waals surface area contributed by atoms with Crippen LogP contribution in [0, 0.1) is 0 Å². The van der Waals surface area contributed by atoms with Gasteiger partial charge in [0.1, 0.15) is 11.8 Å². The number of hydrogen-bond donors (Lipinski definition) is 1. The molecule has 1 unspecified atom stereocenters. The number of benzene rings is 3. The average Bonchev–Trinajstić information content (AvgIpc) is 2.94. The van der Waals surface area contributed by atoms with E-state index in [4.69, 9.17) is 27.9 Å². The monoisotopic (exact) mass is 619 g/mol. The number of likely N-dealkylation sites (N-methyl/N-ethyl adjacent to an activating group) is 1. The molecule has 11 heteroatoms. The van der Waals surface area contributed by atoms with Crippen LogP contribution in [-0.4, -0.2) is 57.6 Å². The van der Waals surface area contributed by atoms with Gasteiger partial charge in [-0.05, 0) is 55.3 Å². The first-order valence-corrected chi connectivity index (χ1v) is 15.8. The third-order valence-electron chi connectivity index (χ3n) is 6.52. The predicted molar refractivity (Wildman–Crippen MR) is 164 cm³/mol. The van der Waals surface area contributed by atoms with Crippen LogP contribution >= 0.6 is 23.2 Å². The molecule has 41 heavy (non-hydrogen) atoms. The highest BCUT2D eigenvalue weighted by molar-refractivity contribution is 7.92. The second-order valence-corrected chi connectivity index (χ2v) is 12.2. The number of rotatable bonds is 14. The van der Waals surface area contributed by atoms with Crippen LogP contribution in [-0.2, 0) is 32.6 Å². The number of halogens is 2. The Morgan fingerprint density at radius 3 is 2.15 bits per heavy atom. The fourth-order valence-electron chi connectivity index (χ4n) is 4.45. The highest BCUT2D eigenvalue weighted by Gasteiger charge is 2.31. The van der Waals surface area contributed by atoms with Gasteiger partial charge in [-0.15, -0.1) is 0 Å². The molecule has 3 aromatic carbocycles. The van der Waals surface area contributed by atoms with Crippen molar-refractivity contribution >= 4 is 50.7 Å². The summed E-state index contributed by atoms with van der Waals surface area (Å²) in [5, 5.41) is 3.61. The molecular weight excluding hydrogens is 585 g/mol. The topological polar surface area (TPSA) is 96.0 Å². The molecule has 0 saturated carbocycles. The fourth-order valence-corrected chi connectivity index (χ4v) is 5.93. The van der Waals surface area contributed by atoms with Crippen LogP contribution in [0.4, 0.5) is 5.69 Å². The standard InChI is InChI=1S/C30H35Cl2N3O5S/c1-4-33-30(37)28(20-22-10-6-5-7-11-22)34(21-25-26(31)12-8-13-27(25)32)29(36)14-9-19-35(41(3,38)39)23-15-17-24(40-2)18-16-23/h5-8,10-13,15-18,28H,4,9,14,19-21H2,1-3H3,(H,33,37). The lowest BCUT2D eigenvalue weighted by molar-refractivity contribution is -0.141. The number of amides is 2. The molecule has 3 rings (SSSR count). The van der Waals surface area contributed by atoms with Gasteiger partial charge in [-0.2, -0.15) is 0 Å². The zero-order valence-corrected chi connectivity index (χ0v) is 25.7. The number of hydrogen-bond acceptors (Lipinski definition) is 5. The molecule has 0 aromatic heterocycles. The molecule has 0 aliphatic heterocycles. The normalized spacial score (nSPS) is 11.9. The molecule has 1 N–H and O–H groups in total. The third kappa shape index (κ3) is 9.11. The zero-order valence-electron chi connectivity index (χ0n) is 23.3. The smallest absolute Gasteiger partial charge is 0.243 e. The third-order valence-corrected chi connectivity index (χ3v) is 8.43. The first-order valence-electron chi connectivity index (χ1n) is 13.2. The molecule has 0 heterocycles. The van der Waals surface area contributed by atoms with E-state index in [1.807, 2.05) is 37.3 Å². The van der Waals surface area contributed by atoms with E-state index in [2.05, 4.69) is 5.32 Å². The number of carbonyl (C=O) groups excluding carboxylic acids is 2. The predicted octanol–water partition coefficient (Wildman–Crippen LogP) is 5.32. The summed E-state index contributed by atoms with van der Waals surface area (Å²) in [7, 11) is -2.09. The lowest BCUT2D eigenvalue weighted by Crippen LogP contribution is -2.50. The van der Waals surface area contributed by atoms with Gasteiger partial charge in [0.15, 0.2) is 0 Å². The van der Waals surface area contributed by atoms with E-state index < -0.39 is 16.1 Å². The number of nitrogens with one attached hydrogen (secondary N) is 1. The molecule has 0 aliphatic carbocycles. The molecule has 8 nitrogen and oxygen atoms in total. The minimum absolute atomic E-state index is 0.00502. The van der Waals surface area contributed by atoms with Gasteiger partial charge >= 0.3 is 0 Å². The summed E-state index contributed by atoms with van der Waals surface area (Å²) < 4.78 is 31.6. The molecule has 0 fully saturated rings. The summed E-state index contributed by atoms with van der Waals surface area (Å²) in [5.74, 6) is -0.0266. The lowest BCUT2D eigenvalue weighted by atomic mass is 10.0. The first-order chi connectivity index (χ1) is 19.5. The lowest BCUT2D eigenvalue weighted by Gasteiger charge is -2.32. The van der Waals surface area contributed by atoms with Crippen molar-refractivity contribution in [3.63, 3.8) is 0 Å². The molecule has 3 aromatic rings. The Balaban J connectivity index is 1.89. The summed E-state index contributed by atoms with van der Waals surface area (Å²) >= 11 is 12.9. The van der Waals surface area contributed by atoms with Gasteiger partial charge in [-0.25, -0.2) is 8.42 Å².